The molecule has 2 aromatic rings. The van der Waals surface area contributed by atoms with Crippen molar-refractivity contribution in [2.75, 3.05) is 7.11 Å². The molecule has 0 heterocycles. The van der Waals surface area contributed by atoms with Gasteiger partial charge in [0, 0.05) is 27.3 Å². The third-order valence-electron chi connectivity index (χ3n) is 3.63. The van der Waals surface area contributed by atoms with E-state index in [1.807, 2.05) is 0 Å². The largest absolute Gasteiger partial charge is 0.511 e. The Labute approximate surface area is 136 Å². The maximum Gasteiger partial charge on any atom is 0.511 e. The van der Waals surface area contributed by atoms with Crippen LogP contribution in [-0.4, -0.2) is 24.3 Å². The topological polar surface area (TPSA) is 82.1 Å². The molecule has 0 spiro atoms. The summed E-state index contributed by atoms with van der Waals surface area (Å²) in [6.45, 7) is 0. The number of carbonyl (C=O) groups excluding carboxylic acids is 2. The quantitative estimate of drug-likeness (QED) is 0.392. The van der Waals surface area contributed by atoms with Crippen LogP contribution in [0.5, 0.6) is 0 Å². The van der Waals surface area contributed by atoms with Crippen molar-refractivity contribution in [3.63, 3.8) is 0 Å². The summed E-state index contributed by atoms with van der Waals surface area (Å²) < 4.78 is 9.69. The average Bonchev–Trinajstić information content (AvgIpc) is 2.58. The fourth-order valence-corrected chi connectivity index (χ4v) is 2.81. The normalized spacial score (nSPS) is 18.8. The highest BCUT2D eigenvalue weighted by molar-refractivity contribution is 6.31. The van der Waals surface area contributed by atoms with Crippen molar-refractivity contribution in [1.82, 2.24) is 0 Å². The number of fused-ring (bicyclic) bond motifs is 2. The van der Waals surface area contributed by atoms with Crippen LogP contribution < -0.4 is 0 Å². The molecule has 0 fully saturated rings. The molecule has 6 nitrogen and oxygen atoms in total. The monoisotopic (exact) mass is 334 g/mol. The van der Waals surface area contributed by atoms with Gasteiger partial charge in [-0.05, 0) is 18.2 Å². The van der Waals surface area contributed by atoms with Crippen molar-refractivity contribution in [2.24, 2.45) is 0 Å². The van der Waals surface area contributed by atoms with Gasteiger partial charge in [0.2, 0.25) is 0 Å². The van der Waals surface area contributed by atoms with Crippen LogP contribution in [0.25, 0.3) is 0 Å². The molecule has 7 heteroatoms. The van der Waals surface area contributed by atoms with E-state index in [0.29, 0.717) is 5.02 Å². The number of benzene rings is 2. The van der Waals surface area contributed by atoms with Crippen LogP contribution in [0.2, 0.25) is 5.02 Å². The van der Waals surface area contributed by atoms with Crippen LogP contribution in [0.3, 0.4) is 0 Å². The molecule has 0 radical (unpaired) electrons. The molecule has 3 rings (SSSR count). The Morgan fingerprint density at radius 2 is 1.83 bits per heavy atom. The van der Waals surface area contributed by atoms with Gasteiger partial charge in [0.05, 0.1) is 7.11 Å². The van der Waals surface area contributed by atoms with E-state index in [1.54, 1.807) is 12.1 Å². The molecule has 1 aliphatic carbocycles. The summed E-state index contributed by atoms with van der Waals surface area (Å²) >= 11 is 5.95. The first-order valence-electron chi connectivity index (χ1n) is 6.57. The van der Waals surface area contributed by atoms with Gasteiger partial charge < -0.3 is 9.47 Å². The maximum atomic E-state index is 12.7. The summed E-state index contributed by atoms with van der Waals surface area (Å²) in [4.78, 5) is 28.9. The van der Waals surface area contributed by atoms with Crippen LogP contribution >= 0.6 is 11.6 Å². The molecule has 118 valence electrons. The van der Waals surface area contributed by atoms with Gasteiger partial charge in [-0.2, -0.15) is 4.89 Å². The second-order valence-electron chi connectivity index (χ2n) is 4.83. The predicted molar refractivity (Wildman–Crippen MR) is 79.3 cm³/mol. The molecule has 1 atom stereocenters. The number of methoxy groups -OCH3 is 1. The Morgan fingerprint density at radius 1 is 1.13 bits per heavy atom. The second-order valence-corrected chi connectivity index (χ2v) is 5.27. The number of rotatable bonds is 2. The highest BCUT2D eigenvalue weighted by Crippen LogP contribution is 2.44. The summed E-state index contributed by atoms with van der Waals surface area (Å²) in [6, 6.07) is 10.7. The molecule has 1 unspecified atom stereocenters. The van der Waals surface area contributed by atoms with Gasteiger partial charge in [-0.1, -0.05) is 35.9 Å². The molecule has 0 amide bonds. The van der Waals surface area contributed by atoms with E-state index >= 15 is 0 Å². The van der Waals surface area contributed by atoms with Gasteiger partial charge in [-0.3, -0.25) is 4.79 Å². The smallest absolute Gasteiger partial charge is 0.438 e. The lowest BCUT2D eigenvalue weighted by Crippen LogP contribution is -2.41. The van der Waals surface area contributed by atoms with Crippen LogP contribution in [0, 0.1) is 0 Å². The molecular formula is C16H11ClO6. The van der Waals surface area contributed by atoms with E-state index in [0.717, 1.165) is 7.11 Å². The fraction of sp³-hybridized carbons (Fsp3) is 0.125. The fourth-order valence-electron chi connectivity index (χ4n) is 2.64. The highest BCUT2D eigenvalue weighted by Gasteiger charge is 2.49. The summed E-state index contributed by atoms with van der Waals surface area (Å²) in [7, 11) is 1.12. The first-order chi connectivity index (χ1) is 11.0. The zero-order chi connectivity index (χ0) is 16.6. The molecule has 0 saturated carbocycles. The lowest BCUT2D eigenvalue weighted by molar-refractivity contribution is -0.383. The van der Waals surface area contributed by atoms with Gasteiger partial charge in [0.25, 0.3) is 0 Å². The third kappa shape index (κ3) is 2.28. The SMILES string of the molecule is COC(=O)OC1(OO)c2ccccc2C(=O)c2cc(Cl)ccc21. The highest BCUT2D eigenvalue weighted by atomic mass is 35.5. The minimum absolute atomic E-state index is 0.151. The Bertz CT molecular complexity index is 803. The average molecular weight is 335 g/mol. The number of hydrogen-bond acceptors (Lipinski definition) is 6. The molecule has 0 saturated heterocycles. The van der Waals surface area contributed by atoms with E-state index in [2.05, 4.69) is 9.62 Å². The number of ether oxygens (including phenoxy) is 2. The first kappa shape index (κ1) is 15.5. The number of hydrogen-bond donors (Lipinski definition) is 1. The Balaban J connectivity index is 2.33. The van der Waals surface area contributed by atoms with Crippen molar-refractivity contribution in [1.29, 1.82) is 0 Å². The lowest BCUT2D eigenvalue weighted by Gasteiger charge is -2.35. The van der Waals surface area contributed by atoms with Gasteiger partial charge in [-0.15, -0.1) is 0 Å². The summed E-state index contributed by atoms with van der Waals surface area (Å²) in [6.07, 6.45) is -1.08. The van der Waals surface area contributed by atoms with E-state index in [9.17, 15) is 14.8 Å². The number of carbonyl (C=O) groups is 2. The van der Waals surface area contributed by atoms with Crippen LogP contribution in [0.4, 0.5) is 4.79 Å². The lowest BCUT2D eigenvalue weighted by atomic mass is 9.80. The zero-order valence-corrected chi connectivity index (χ0v) is 12.7. The second kappa shape index (κ2) is 5.66. The molecule has 0 aliphatic heterocycles. The van der Waals surface area contributed by atoms with Crippen molar-refractivity contribution >= 4 is 23.5 Å². The van der Waals surface area contributed by atoms with Gasteiger partial charge in [0.15, 0.2) is 5.78 Å². The van der Waals surface area contributed by atoms with Crippen LogP contribution in [0.1, 0.15) is 27.0 Å². The summed E-state index contributed by atoms with van der Waals surface area (Å²) in [5.41, 5.74) is 0.723. The minimum Gasteiger partial charge on any atom is -0.438 e. The Hall–Kier alpha value is -2.41. The Morgan fingerprint density at radius 3 is 2.52 bits per heavy atom. The maximum absolute atomic E-state index is 12.7. The zero-order valence-electron chi connectivity index (χ0n) is 11.9. The molecule has 0 aromatic heterocycles. The predicted octanol–water partition coefficient (Wildman–Crippen LogP) is 3.36. The van der Waals surface area contributed by atoms with Gasteiger partial charge in [0.1, 0.15) is 0 Å². The van der Waals surface area contributed by atoms with Crippen molar-refractivity contribution in [3.05, 3.63) is 69.7 Å². The number of ketones is 1. The molecular weight excluding hydrogens is 324 g/mol. The van der Waals surface area contributed by atoms with Crippen molar-refractivity contribution in [2.45, 2.75) is 5.79 Å². The minimum atomic E-state index is -2.02. The number of halogens is 1. The van der Waals surface area contributed by atoms with E-state index in [-0.39, 0.29) is 28.0 Å². The molecule has 1 N–H and O–H groups in total. The molecule has 23 heavy (non-hydrogen) atoms. The van der Waals surface area contributed by atoms with E-state index in [4.69, 9.17) is 16.3 Å². The van der Waals surface area contributed by atoms with E-state index < -0.39 is 11.9 Å². The molecule has 0 bridgehead atoms. The van der Waals surface area contributed by atoms with Crippen molar-refractivity contribution < 1.29 is 29.2 Å². The first-order valence-corrected chi connectivity index (χ1v) is 6.95. The van der Waals surface area contributed by atoms with Crippen molar-refractivity contribution in [3.8, 4) is 0 Å². The standard InChI is InChI=1S/C16H11ClO6/c1-21-15(19)22-16(23-20)12-5-3-2-4-10(12)14(18)11-8-9(17)6-7-13(11)16/h2-8,20H,1H3. The Kier molecular flexibility index (Phi) is 3.81. The molecule has 1 aliphatic rings. The third-order valence-corrected chi connectivity index (χ3v) is 3.86. The van der Waals surface area contributed by atoms with Gasteiger partial charge in [-0.25, -0.2) is 10.1 Å². The van der Waals surface area contributed by atoms with E-state index in [1.165, 1.54) is 30.3 Å². The van der Waals surface area contributed by atoms with Gasteiger partial charge >= 0.3 is 11.9 Å². The van der Waals surface area contributed by atoms with Crippen LogP contribution in [-0.2, 0) is 20.1 Å². The summed E-state index contributed by atoms with van der Waals surface area (Å²) in [5, 5.41) is 9.88. The molecule has 2 aromatic carbocycles. The van der Waals surface area contributed by atoms with Crippen LogP contribution in [0.15, 0.2) is 42.5 Å². The summed E-state index contributed by atoms with van der Waals surface area (Å²) in [5.74, 6) is -2.34.